The minimum absolute atomic E-state index is 0.465. The van der Waals surface area contributed by atoms with Gasteiger partial charge in [-0.05, 0) is 32.2 Å². The summed E-state index contributed by atoms with van der Waals surface area (Å²) in [5.74, 6) is -0.0819. The molecule has 1 unspecified atom stereocenters. The summed E-state index contributed by atoms with van der Waals surface area (Å²) in [4.78, 5) is 19.6. The van der Waals surface area contributed by atoms with Crippen LogP contribution in [0, 0.1) is 0 Å². The number of nitrogens with zero attached hydrogens (tertiary/aromatic N) is 3. The summed E-state index contributed by atoms with van der Waals surface area (Å²) in [5, 5.41) is 8.73. The average molecular weight is 261 g/mol. The van der Waals surface area contributed by atoms with E-state index in [0.717, 1.165) is 37.1 Å². The van der Waals surface area contributed by atoms with Gasteiger partial charge in [0.25, 0.3) is 0 Å². The van der Waals surface area contributed by atoms with Gasteiger partial charge in [-0.2, -0.15) is 0 Å². The number of carboxylic acid groups (broad SMARTS) is 1. The van der Waals surface area contributed by atoms with Crippen LogP contribution in [-0.4, -0.2) is 53.7 Å². The summed E-state index contributed by atoms with van der Waals surface area (Å²) in [5.41, 5.74) is 0.849. The van der Waals surface area contributed by atoms with Crippen molar-refractivity contribution in [2.24, 2.45) is 0 Å². The van der Waals surface area contributed by atoms with E-state index in [4.69, 9.17) is 5.11 Å². The van der Waals surface area contributed by atoms with E-state index in [1.165, 1.54) is 0 Å². The minimum atomic E-state index is -0.943. The predicted molar refractivity (Wildman–Crippen MR) is 75.2 cm³/mol. The molecule has 0 saturated carbocycles. The van der Waals surface area contributed by atoms with Crippen molar-refractivity contribution in [2.45, 2.75) is 13.0 Å². The standard InChI is InChI=1S/C14H19N3O2/c1-11-10-17(9-8-16(11)2)14-12(4-3-7-15-14)5-6-13(18)19/h3-7,11H,8-10H2,1-2H3,(H,18,19)/b6-5+. The van der Waals surface area contributed by atoms with Crippen molar-refractivity contribution >= 4 is 17.9 Å². The molecule has 1 aromatic heterocycles. The number of hydrogen-bond donors (Lipinski definition) is 1. The zero-order chi connectivity index (χ0) is 13.8. The largest absolute Gasteiger partial charge is 0.478 e. The summed E-state index contributed by atoms with van der Waals surface area (Å²) in [6.07, 6.45) is 4.50. The molecule has 1 atom stereocenters. The molecule has 0 aliphatic carbocycles. The van der Waals surface area contributed by atoms with Crippen molar-refractivity contribution in [3.63, 3.8) is 0 Å². The number of aromatic nitrogens is 1. The van der Waals surface area contributed by atoms with Gasteiger partial charge in [-0.25, -0.2) is 9.78 Å². The van der Waals surface area contributed by atoms with Crippen molar-refractivity contribution in [1.82, 2.24) is 9.88 Å². The van der Waals surface area contributed by atoms with E-state index in [2.05, 4.69) is 28.8 Å². The number of piperazine rings is 1. The van der Waals surface area contributed by atoms with Crippen molar-refractivity contribution in [1.29, 1.82) is 0 Å². The number of aliphatic carboxylic acids is 1. The first-order chi connectivity index (χ1) is 9.08. The van der Waals surface area contributed by atoms with E-state index in [9.17, 15) is 4.79 Å². The Morgan fingerprint density at radius 3 is 3.00 bits per heavy atom. The molecule has 1 saturated heterocycles. The highest BCUT2D eigenvalue weighted by atomic mass is 16.4. The number of rotatable bonds is 3. The molecule has 102 valence electrons. The van der Waals surface area contributed by atoms with E-state index >= 15 is 0 Å². The van der Waals surface area contributed by atoms with Gasteiger partial charge >= 0.3 is 5.97 Å². The Bertz CT molecular complexity index is 487. The first kappa shape index (κ1) is 13.5. The van der Waals surface area contributed by atoms with Gasteiger partial charge in [0.05, 0.1) is 0 Å². The molecule has 0 spiro atoms. The second kappa shape index (κ2) is 5.84. The summed E-state index contributed by atoms with van der Waals surface area (Å²) < 4.78 is 0. The Labute approximate surface area is 113 Å². The lowest BCUT2D eigenvalue weighted by Crippen LogP contribution is -2.50. The topological polar surface area (TPSA) is 56.7 Å². The number of carbonyl (C=O) groups is 1. The van der Waals surface area contributed by atoms with Gasteiger partial charge in [0.1, 0.15) is 5.82 Å². The van der Waals surface area contributed by atoms with Gasteiger partial charge in [0, 0.05) is 43.5 Å². The molecular weight excluding hydrogens is 242 g/mol. The van der Waals surface area contributed by atoms with Crippen LogP contribution < -0.4 is 4.90 Å². The molecule has 0 aromatic carbocycles. The van der Waals surface area contributed by atoms with Crippen LogP contribution in [0.4, 0.5) is 5.82 Å². The maximum absolute atomic E-state index is 10.6. The van der Waals surface area contributed by atoms with Crippen LogP contribution in [0.5, 0.6) is 0 Å². The van der Waals surface area contributed by atoms with E-state index < -0.39 is 5.97 Å². The van der Waals surface area contributed by atoms with E-state index in [1.54, 1.807) is 12.3 Å². The molecule has 0 bridgehead atoms. The lowest BCUT2D eigenvalue weighted by molar-refractivity contribution is -0.131. The lowest BCUT2D eigenvalue weighted by Gasteiger charge is -2.38. The maximum atomic E-state index is 10.6. The monoisotopic (exact) mass is 261 g/mol. The van der Waals surface area contributed by atoms with Crippen LogP contribution in [0.2, 0.25) is 0 Å². The summed E-state index contributed by atoms with van der Waals surface area (Å²) >= 11 is 0. The predicted octanol–water partition coefficient (Wildman–Crippen LogP) is 1.32. The smallest absolute Gasteiger partial charge is 0.328 e. The maximum Gasteiger partial charge on any atom is 0.328 e. The third-order valence-electron chi connectivity index (χ3n) is 3.48. The van der Waals surface area contributed by atoms with Gasteiger partial charge in [-0.3, -0.25) is 0 Å². The highest BCUT2D eigenvalue weighted by Crippen LogP contribution is 2.21. The zero-order valence-corrected chi connectivity index (χ0v) is 11.3. The molecule has 19 heavy (non-hydrogen) atoms. The number of pyridine rings is 1. The molecule has 1 fully saturated rings. The van der Waals surface area contributed by atoms with Gasteiger partial charge in [0.15, 0.2) is 0 Å². The van der Waals surface area contributed by atoms with Gasteiger partial charge in [0.2, 0.25) is 0 Å². The third kappa shape index (κ3) is 3.32. The summed E-state index contributed by atoms with van der Waals surface area (Å²) in [7, 11) is 2.12. The first-order valence-electron chi connectivity index (χ1n) is 6.39. The zero-order valence-electron chi connectivity index (χ0n) is 11.3. The third-order valence-corrected chi connectivity index (χ3v) is 3.48. The van der Waals surface area contributed by atoms with Crippen LogP contribution >= 0.6 is 0 Å². The second-order valence-corrected chi connectivity index (χ2v) is 4.86. The Hall–Kier alpha value is -1.88. The molecule has 1 aromatic rings. The van der Waals surface area contributed by atoms with Crippen molar-refractivity contribution in [3.05, 3.63) is 30.0 Å². The van der Waals surface area contributed by atoms with Gasteiger partial charge in [-0.15, -0.1) is 0 Å². The molecular formula is C14H19N3O2. The molecule has 1 N–H and O–H groups in total. The Balaban J connectivity index is 2.22. The van der Waals surface area contributed by atoms with Gasteiger partial charge < -0.3 is 14.9 Å². The normalized spacial score (nSPS) is 20.9. The minimum Gasteiger partial charge on any atom is -0.478 e. The van der Waals surface area contributed by atoms with E-state index in [1.807, 2.05) is 12.1 Å². The molecule has 2 rings (SSSR count). The lowest BCUT2D eigenvalue weighted by atomic mass is 10.1. The molecule has 1 aliphatic rings. The molecule has 1 aliphatic heterocycles. The number of carboxylic acids is 1. The highest BCUT2D eigenvalue weighted by molar-refractivity contribution is 5.86. The highest BCUT2D eigenvalue weighted by Gasteiger charge is 2.22. The Morgan fingerprint density at radius 2 is 2.32 bits per heavy atom. The fourth-order valence-electron chi connectivity index (χ4n) is 2.21. The van der Waals surface area contributed by atoms with Crippen LogP contribution in [0.3, 0.4) is 0 Å². The first-order valence-corrected chi connectivity index (χ1v) is 6.39. The average Bonchev–Trinajstić information content (AvgIpc) is 2.40. The second-order valence-electron chi connectivity index (χ2n) is 4.86. The molecule has 5 nitrogen and oxygen atoms in total. The van der Waals surface area contributed by atoms with Crippen LogP contribution in [0.1, 0.15) is 12.5 Å². The summed E-state index contributed by atoms with van der Waals surface area (Å²) in [6, 6.07) is 4.18. The molecule has 0 radical (unpaired) electrons. The number of hydrogen-bond acceptors (Lipinski definition) is 4. The fraction of sp³-hybridized carbons (Fsp3) is 0.429. The van der Waals surface area contributed by atoms with Crippen LogP contribution in [-0.2, 0) is 4.79 Å². The van der Waals surface area contributed by atoms with Crippen molar-refractivity contribution in [2.75, 3.05) is 31.6 Å². The van der Waals surface area contributed by atoms with E-state index in [-0.39, 0.29) is 0 Å². The number of anilines is 1. The fourth-order valence-corrected chi connectivity index (χ4v) is 2.21. The quantitative estimate of drug-likeness (QED) is 0.832. The van der Waals surface area contributed by atoms with Crippen LogP contribution in [0.25, 0.3) is 6.08 Å². The molecule has 0 amide bonds. The Morgan fingerprint density at radius 1 is 1.53 bits per heavy atom. The Kier molecular flexibility index (Phi) is 4.16. The molecule has 5 heteroatoms. The summed E-state index contributed by atoms with van der Waals surface area (Å²) in [6.45, 7) is 4.98. The van der Waals surface area contributed by atoms with Crippen molar-refractivity contribution in [3.8, 4) is 0 Å². The van der Waals surface area contributed by atoms with Gasteiger partial charge in [-0.1, -0.05) is 0 Å². The van der Waals surface area contributed by atoms with E-state index in [0.29, 0.717) is 6.04 Å². The van der Waals surface area contributed by atoms with Crippen molar-refractivity contribution < 1.29 is 9.90 Å². The van der Waals surface area contributed by atoms with Crippen LogP contribution in [0.15, 0.2) is 24.4 Å². The number of likely N-dealkylation sites (N-methyl/N-ethyl adjacent to an activating group) is 1. The molecule has 2 heterocycles. The SMILES string of the molecule is CC1CN(c2ncccc2/C=C/C(=O)O)CCN1C.